The van der Waals surface area contributed by atoms with Gasteiger partial charge in [-0.2, -0.15) is 0 Å². The number of aromatic nitrogens is 2. The van der Waals surface area contributed by atoms with Crippen LogP contribution in [0.15, 0.2) is 35.1 Å². The molecule has 0 fully saturated rings. The zero-order valence-corrected chi connectivity index (χ0v) is 14.7. The Morgan fingerprint density at radius 1 is 1.30 bits per heavy atom. The van der Waals surface area contributed by atoms with Crippen LogP contribution in [-0.4, -0.2) is 28.6 Å². The van der Waals surface area contributed by atoms with E-state index in [9.17, 15) is 4.79 Å². The molecule has 0 aliphatic carbocycles. The number of pyridine rings is 1. The minimum atomic E-state index is -0.268. The summed E-state index contributed by atoms with van der Waals surface area (Å²) in [5, 5.41) is 6.69. The molecule has 0 aromatic carbocycles. The van der Waals surface area contributed by atoms with Gasteiger partial charge in [-0.25, -0.2) is 0 Å². The summed E-state index contributed by atoms with van der Waals surface area (Å²) in [7, 11) is 0. The first-order chi connectivity index (χ1) is 10.1. The Labute approximate surface area is 148 Å². The minimum absolute atomic E-state index is 0. The van der Waals surface area contributed by atoms with Crippen molar-refractivity contribution in [1.29, 1.82) is 0 Å². The van der Waals surface area contributed by atoms with E-state index in [1.807, 2.05) is 0 Å². The van der Waals surface area contributed by atoms with E-state index in [2.05, 4.69) is 29.3 Å². The van der Waals surface area contributed by atoms with Crippen LogP contribution in [0.25, 0.3) is 11.3 Å². The fourth-order valence-electron chi connectivity index (χ4n) is 2.08. The first-order valence-corrected chi connectivity index (χ1v) is 6.98. The van der Waals surface area contributed by atoms with Gasteiger partial charge in [0.25, 0.3) is 5.91 Å². The van der Waals surface area contributed by atoms with Crippen molar-refractivity contribution in [2.24, 2.45) is 11.7 Å². The van der Waals surface area contributed by atoms with E-state index in [1.54, 1.807) is 30.6 Å². The molecule has 0 aliphatic rings. The van der Waals surface area contributed by atoms with Gasteiger partial charge in [0.15, 0.2) is 11.5 Å². The summed E-state index contributed by atoms with van der Waals surface area (Å²) in [6.07, 6.45) is 4.15. The Bertz CT molecular complexity index is 590. The molecule has 128 valence electrons. The van der Waals surface area contributed by atoms with Crippen LogP contribution in [0, 0.1) is 5.92 Å². The summed E-state index contributed by atoms with van der Waals surface area (Å²) in [5.41, 5.74) is 6.76. The summed E-state index contributed by atoms with van der Waals surface area (Å²) in [4.78, 5) is 16.1. The molecule has 6 nitrogen and oxygen atoms in total. The molecule has 8 heteroatoms. The third-order valence-electron chi connectivity index (χ3n) is 3.08. The van der Waals surface area contributed by atoms with Crippen molar-refractivity contribution in [3.8, 4) is 11.3 Å². The molecule has 0 saturated heterocycles. The van der Waals surface area contributed by atoms with Crippen LogP contribution in [-0.2, 0) is 0 Å². The van der Waals surface area contributed by atoms with E-state index in [4.69, 9.17) is 10.3 Å². The molecule has 1 amide bonds. The van der Waals surface area contributed by atoms with Gasteiger partial charge in [0.05, 0.1) is 0 Å². The van der Waals surface area contributed by atoms with Crippen molar-refractivity contribution in [2.75, 3.05) is 6.54 Å². The number of carbonyl (C=O) groups excluding carboxylic acids is 1. The lowest BCUT2D eigenvalue weighted by atomic mass is 10.0. The van der Waals surface area contributed by atoms with Crippen LogP contribution in [0.3, 0.4) is 0 Å². The third-order valence-corrected chi connectivity index (χ3v) is 3.08. The topological polar surface area (TPSA) is 94.0 Å². The van der Waals surface area contributed by atoms with Gasteiger partial charge in [0, 0.05) is 36.6 Å². The van der Waals surface area contributed by atoms with Crippen LogP contribution in [0.5, 0.6) is 0 Å². The monoisotopic (exact) mass is 360 g/mol. The zero-order valence-electron chi connectivity index (χ0n) is 13.1. The van der Waals surface area contributed by atoms with Gasteiger partial charge in [-0.3, -0.25) is 9.78 Å². The van der Waals surface area contributed by atoms with E-state index < -0.39 is 0 Å². The van der Waals surface area contributed by atoms with Gasteiger partial charge in [-0.1, -0.05) is 19.0 Å². The highest BCUT2D eigenvalue weighted by Crippen LogP contribution is 2.19. The Balaban J connectivity index is 0.00000242. The van der Waals surface area contributed by atoms with E-state index >= 15 is 0 Å². The van der Waals surface area contributed by atoms with E-state index in [0.29, 0.717) is 18.2 Å². The number of hydrogen-bond donors (Lipinski definition) is 2. The Kier molecular flexibility index (Phi) is 9.48. The Morgan fingerprint density at radius 2 is 1.96 bits per heavy atom. The number of rotatable bonds is 6. The lowest BCUT2D eigenvalue weighted by Crippen LogP contribution is -2.41. The number of nitrogens with one attached hydrogen (secondary N) is 1. The average Bonchev–Trinajstić information content (AvgIpc) is 2.97. The standard InChI is InChI=1S/C15H20N4O2.2ClH/c1-10(2)7-12(9-16)18-15(20)13-8-14(21-19-13)11-3-5-17-6-4-11;;/h3-6,8,10,12H,7,9,16H2,1-2H3,(H,18,20);2*1H. The number of nitrogens with zero attached hydrogens (tertiary/aromatic N) is 2. The van der Waals surface area contributed by atoms with Crippen molar-refractivity contribution in [3.05, 3.63) is 36.3 Å². The van der Waals surface area contributed by atoms with Crippen LogP contribution in [0.2, 0.25) is 0 Å². The minimum Gasteiger partial charge on any atom is -0.355 e. The van der Waals surface area contributed by atoms with Gasteiger partial charge in [-0.15, -0.1) is 24.8 Å². The second-order valence-electron chi connectivity index (χ2n) is 5.35. The Morgan fingerprint density at radius 3 is 2.52 bits per heavy atom. The predicted octanol–water partition coefficient (Wildman–Crippen LogP) is 2.68. The molecule has 0 aliphatic heterocycles. The number of hydrogen-bond acceptors (Lipinski definition) is 5. The first kappa shape index (κ1) is 21.4. The molecule has 2 aromatic heterocycles. The molecule has 1 unspecified atom stereocenters. The smallest absolute Gasteiger partial charge is 0.273 e. The molecular weight excluding hydrogens is 339 g/mol. The summed E-state index contributed by atoms with van der Waals surface area (Å²) < 4.78 is 5.20. The highest BCUT2D eigenvalue weighted by Gasteiger charge is 2.17. The molecule has 2 heterocycles. The van der Waals surface area contributed by atoms with Gasteiger partial charge >= 0.3 is 0 Å². The van der Waals surface area contributed by atoms with Gasteiger partial charge < -0.3 is 15.6 Å². The molecule has 0 saturated carbocycles. The third kappa shape index (κ3) is 6.17. The number of nitrogens with two attached hydrogens (primary N) is 1. The van der Waals surface area contributed by atoms with E-state index in [1.165, 1.54) is 0 Å². The maximum atomic E-state index is 12.1. The lowest BCUT2D eigenvalue weighted by molar-refractivity contribution is 0.0924. The molecule has 0 spiro atoms. The van der Waals surface area contributed by atoms with Gasteiger partial charge in [0.2, 0.25) is 0 Å². The summed E-state index contributed by atoms with van der Waals surface area (Å²) in [6.45, 7) is 4.58. The van der Waals surface area contributed by atoms with Gasteiger partial charge in [0.1, 0.15) is 0 Å². The van der Waals surface area contributed by atoms with Crippen molar-refractivity contribution in [1.82, 2.24) is 15.5 Å². The maximum Gasteiger partial charge on any atom is 0.273 e. The quantitative estimate of drug-likeness (QED) is 0.825. The van der Waals surface area contributed by atoms with Crippen molar-refractivity contribution < 1.29 is 9.32 Å². The van der Waals surface area contributed by atoms with E-state index in [-0.39, 0.29) is 42.5 Å². The van der Waals surface area contributed by atoms with Crippen molar-refractivity contribution in [3.63, 3.8) is 0 Å². The van der Waals surface area contributed by atoms with Crippen LogP contribution in [0.1, 0.15) is 30.8 Å². The molecule has 0 radical (unpaired) electrons. The molecule has 1 atom stereocenters. The van der Waals surface area contributed by atoms with Crippen molar-refractivity contribution in [2.45, 2.75) is 26.3 Å². The molecule has 2 rings (SSSR count). The lowest BCUT2D eigenvalue weighted by Gasteiger charge is -2.17. The van der Waals surface area contributed by atoms with Gasteiger partial charge in [-0.05, 0) is 24.5 Å². The second-order valence-corrected chi connectivity index (χ2v) is 5.35. The predicted molar refractivity (Wildman–Crippen MR) is 94.0 cm³/mol. The second kappa shape index (κ2) is 10.2. The fraction of sp³-hybridized carbons (Fsp3) is 0.400. The number of halogens is 2. The normalized spacial score (nSPS) is 11.3. The SMILES string of the molecule is CC(C)CC(CN)NC(=O)c1cc(-c2ccncc2)on1.Cl.Cl. The molecule has 2 aromatic rings. The maximum absolute atomic E-state index is 12.1. The summed E-state index contributed by atoms with van der Waals surface area (Å²) in [5.74, 6) is 0.731. The molecule has 0 bridgehead atoms. The number of amides is 1. The van der Waals surface area contributed by atoms with Crippen molar-refractivity contribution >= 4 is 30.7 Å². The molecule has 23 heavy (non-hydrogen) atoms. The van der Waals surface area contributed by atoms with Crippen LogP contribution in [0.4, 0.5) is 0 Å². The average molecular weight is 361 g/mol. The highest BCUT2D eigenvalue weighted by atomic mass is 35.5. The van der Waals surface area contributed by atoms with E-state index in [0.717, 1.165) is 12.0 Å². The largest absolute Gasteiger partial charge is 0.355 e. The summed E-state index contributed by atoms with van der Waals surface area (Å²) >= 11 is 0. The molecular formula is C15H22Cl2N4O2. The zero-order chi connectivity index (χ0) is 15.2. The van der Waals surface area contributed by atoms with Crippen LogP contribution >= 0.6 is 24.8 Å². The first-order valence-electron chi connectivity index (χ1n) is 6.98. The summed E-state index contributed by atoms with van der Waals surface area (Å²) in [6, 6.07) is 5.15. The Hall–Kier alpha value is -1.63. The highest BCUT2D eigenvalue weighted by molar-refractivity contribution is 5.93. The fourth-order valence-corrected chi connectivity index (χ4v) is 2.08. The molecule has 3 N–H and O–H groups in total. The van der Waals surface area contributed by atoms with Crippen LogP contribution < -0.4 is 11.1 Å². The number of carbonyl (C=O) groups is 1.